The summed E-state index contributed by atoms with van der Waals surface area (Å²) in [6.07, 6.45) is 54.4. The average molecular weight is 761 g/mol. The summed E-state index contributed by atoms with van der Waals surface area (Å²) in [4.78, 5) is 25.9. The lowest BCUT2D eigenvalue weighted by Gasteiger charge is -2.16. The second kappa shape index (κ2) is 46.1. The van der Waals surface area contributed by atoms with Gasteiger partial charge >= 0.3 is 11.9 Å². The Labute approximate surface area is 338 Å². The Morgan fingerprint density at radius 3 is 1.07 bits per heavy atom. The molecule has 0 aliphatic rings. The number of unbranched alkanes of at least 4 members (excludes halogenated alkanes) is 34. The van der Waals surface area contributed by atoms with Crippen LogP contribution in [0.3, 0.4) is 0 Å². The third-order valence-electron chi connectivity index (χ3n) is 11.3. The Morgan fingerprint density at radius 2 is 0.667 bits per heavy atom. The van der Waals surface area contributed by atoms with Crippen molar-refractivity contribution < 1.29 is 19.1 Å². The predicted octanol–water partition coefficient (Wildman–Crippen LogP) is 16.9. The van der Waals surface area contributed by atoms with Gasteiger partial charge in [-0.2, -0.15) is 0 Å². The number of carbonyl (C=O) groups is 2. The second-order valence-corrected chi connectivity index (χ2v) is 16.8. The molecule has 320 valence electrons. The molecule has 0 aliphatic carbocycles. The molecule has 0 saturated heterocycles. The molecule has 54 heavy (non-hydrogen) atoms. The lowest BCUT2D eigenvalue weighted by atomic mass is 9.97. The highest BCUT2D eigenvalue weighted by atomic mass is 16.5. The first-order valence-electron chi connectivity index (χ1n) is 24.6. The van der Waals surface area contributed by atoms with Gasteiger partial charge < -0.3 is 9.47 Å². The van der Waals surface area contributed by atoms with Crippen LogP contribution in [0.2, 0.25) is 0 Å². The van der Waals surface area contributed by atoms with Crippen LogP contribution < -0.4 is 0 Å². The van der Waals surface area contributed by atoms with Gasteiger partial charge in [-0.15, -0.1) is 0 Å². The minimum atomic E-state index is -0.362. The van der Waals surface area contributed by atoms with Crippen molar-refractivity contribution in [3.63, 3.8) is 0 Å². The van der Waals surface area contributed by atoms with Crippen molar-refractivity contribution >= 4 is 11.9 Å². The molecule has 4 nitrogen and oxygen atoms in total. The van der Waals surface area contributed by atoms with Crippen LogP contribution in [0.5, 0.6) is 0 Å². The normalized spacial score (nSPS) is 12.1. The number of ether oxygens (including phenoxy) is 2. The third kappa shape index (κ3) is 41.8. The second-order valence-electron chi connectivity index (χ2n) is 16.8. The quantitative estimate of drug-likeness (QED) is 0.0352. The van der Waals surface area contributed by atoms with Gasteiger partial charge in [0, 0.05) is 0 Å². The predicted molar refractivity (Wildman–Crippen MR) is 236 cm³/mol. The molecule has 0 rings (SSSR count). The zero-order chi connectivity index (χ0) is 39.3. The lowest BCUT2D eigenvalue weighted by molar-refractivity contribution is -0.155. The maximum Gasteiger partial charge on any atom is 0.309 e. The molecule has 0 radical (unpaired) electrons. The summed E-state index contributed by atoms with van der Waals surface area (Å²) in [6, 6.07) is 0. The van der Waals surface area contributed by atoms with E-state index >= 15 is 0 Å². The molecule has 0 aromatic carbocycles. The molecule has 0 spiro atoms. The Hall–Kier alpha value is -1.32. The van der Waals surface area contributed by atoms with Gasteiger partial charge in [0.25, 0.3) is 0 Å². The van der Waals surface area contributed by atoms with E-state index in [0.717, 1.165) is 44.9 Å². The number of allylic oxidation sites excluding steroid dienone is 2. The number of rotatable bonds is 45. The van der Waals surface area contributed by atoms with Crippen molar-refractivity contribution in [1.29, 1.82) is 0 Å². The van der Waals surface area contributed by atoms with Crippen LogP contribution in [0.25, 0.3) is 0 Å². The van der Waals surface area contributed by atoms with Crippen LogP contribution >= 0.6 is 0 Å². The molecule has 0 saturated carbocycles. The van der Waals surface area contributed by atoms with Crippen LogP contribution in [0.1, 0.15) is 278 Å². The van der Waals surface area contributed by atoms with Gasteiger partial charge in [-0.3, -0.25) is 9.59 Å². The van der Waals surface area contributed by atoms with Crippen molar-refractivity contribution in [2.45, 2.75) is 278 Å². The molecule has 1 unspecified atom stereocenters. The summed E-state index contributed by atoms with van der Waals surface area (Å²) in [6.45, 7) is 7.77. The molecule has 0 aromatic rings. The largest absolute Gasteiger partial charge is 0.466 e. The van der Waals surface area contributed by atoms with E-state index in [-0.39, 0.29) is 24.3 Å². The van der Waals surface area contributed by atoms with Gasteiger partial charge in [0.05, 0.1) is 25.6 Å². The van der Waals surface area contributed by atoms with E-state index in [9.17, 15) is 9.59 Å². The van der Waals surface area contributed by atoms with Gasteiger partial charge in [-0.1, -0.05) is 238 Å². The van der Waals surface area contributed by atoms with Crippen LogP contribution in [0, 0.1) is 5.92 Å². The van der Waals surface area contributed by atoms with Crippen LogP contribution in [0.4, 0.5) is 0 Å². The average Bonchev–Trinajstić information content (AvgIpc) is 3.17. The summed E-state index contributed by atoms with van der Waals surface area (Å²) >= 11 is 0. The van der Waals surface area contributed by atoms with E-state index in [1.807, 2.05) is 0 Å². The lowest BCUT2D eigenvalue weighted by Crippen LogP contribution is -2.23. The zero-order valence-electron chi connectivity index (χ0n) is 37.1. The maximum atomic E-state index is 13.1. The molecular weight excluding hydrogens is 665 g/mol. The first-order valence-corrected chi connectivity index (χ1v) is 24.6. The smallest absolute Gasteiger partial charge is 0.309 e. The fourth-order valence-corrected chi connectivity index (χ4v) is 7.56. The van der Waals surface area contributed by atoms with Crippen LogP contribution in [0.15, 0.2) is 12.2 Å². The van der Waals surface area contributed by atoms with Gasteiger partial charge in [-0.05, 0) is 44.9 Å². The maximum absolute atomic E-state index is 13.1. The Balaban J connectivity index is 4.20. The van der Waals surface area contributed by atoms with Crippen LogP contribution in [-0.2, 0) is 19.1 Å². The van der Waals surface area contributed by atoms with Crippen molar-refractivity contribution in [2.24, 2.45) is 5.92 Å². The minimum Gasteiger partial charge on any atom is -0.466 e. The number of hydrogen-bond donors (Lipinski definition) is 0. The first-order chi connectivity index (χ1) is 26.7. The number of hydrogen-bond acceptors (Lipinski definition) is 4. The van der Waals surface area contributed by atoms with Crippen molar-refractivity contribution in [3.8, 4) is 0 Å². The van der Waals surface area contributed by atoms with Crippen molar-refractivity contribution in [3.05, 3.63) is 12.2 Å². The van der Waals surface area contributed by atoms with E-state index < -0.39 is 0 Å². The monoisotopic (exact) mass is 761 g/mol. The molecule has 0 N–H and O–H groups in total. The van der Waals surface area contributed by atoms with Crippen molar-refractivity contribution in [2.75, 3.05) is 13.2 Å². The highest BCUT2D eigenvalue weighted by Gasteiger charge is 2.24. The van der Waals surface area contributed by atoms with E-state index in [2.05, 4.69) is 32.9 Å². The summed E-state index contributed by atoms with van der Waals surface area (Å²) in [7, 11) is 0. The van der Waals surface area contributed by atoms with Gasteiger partial charge in [0.15, 0.2) is 0 Å². The summed E-state index contributed by atoms with van der Waals surface area (Å²) < 4.78 is 11.4. The first kappa shape index (κ1) is 52.7. The van der Waals surface area contributed by atoms with E-state index in [1.54, 1.807) is 0 Å². The molecule has 0 heterocycles. The highest BCUT2D eigenvalue weighted by Crippen LogP contribution is 2.20. The number of carbonyl (C=O) groups excluding carboxylic acids is 2. The Morgan fingerprint density at radius 1 is 0.370 bits per heavy atom. The van der Waals surface area contributed by atoms with E-state index in [4.69, 9.17) is 9.47 Å². The molecule has 0 aliphatic heterocycles. The standard InChI is InChI=1S/C50H96O4/c1-4-7-10-13-16-19-22-23-24-25-26-27-28-29-32-35-38-41-44-48(50(52)54-46-43-40-37-34-31-21-18-15-12-9-6-3)47-49(51)53-45-42-39-36-33-30-20-17-14-11-8-5-2/h16,19,48H,4-15,17-18,20-47H2,1-3H3/b19-16+. The van der Waals surface area contributed by atoms with E-state index in [0.29, 0.717) is 13.2 Å². The zero-order valence-corrected chi connectivity index (χ0v) is 37.1. The summed E-state index contributed by atoms with van der Waals surface area (Å²) in [5.74, 6) is -0.770. The fourth-order valence-electron chi connectivity index (χ4n) is 7.56. The Kier molecular flexibility index (Phi) is 44.9. The molecule has 4 heteroatoms. The molecule has 1 atom stereocenters. The van der Waals surface area contributed by atoms with Crippen LogP contribution in [-0.4, -0.2) is 25.2 Å². The number of esters is 2. The SMILES string of the molecule is CCCCC/C=C/CCCCCCCCCCCCCC(CC(=O)OCCCCCCCCCCCCC)C(=O)OCCCCCCCCCCCCC. The Bertz CT molecular complexity index is 777. The fraction of sp³-hybridized carbons (Fsp3) is 0.920. The highest BCUT2D eigenvalue weighted by molar-refractivity contribution is 5.79. The molecule has 0 aromatic heterocycles. The third-order valence-corrected chi connectivity index (χ3v) is 11.3. The van der Waals surface area contributed by atoms with Gasteiger partial charge in [0.2, 0.25) is 0 Å². The minimum absolute atomic E-state index is 0.171. The van der Waals surface area contributed by atoms with Crippen molar-refractivity contribution in [1.82, 2.24) is 0 Å². The van der Waals surface area contributed by atoms with Gasteiger partial charge in [-0.25, -0.2) is 0 Å². The molecule has 0 bridgehead atoms. The topological polar surface area (TPSA) is 52.6 Å². The molecule has 0 amide bonds. The summed E-state index contributed by atoms with van der Waals surface area (Å²) in [5.41, 5.74) is 0. The molecular formula is C50H96O4. The van der Waals surface area contributed by atoms with E-state index in [1.165, 1.54) is 205 Å². The van der Waals surface area contributed by atoms with Gasteiger partial charge in [0.1, 0.15) is 0 Å². The summed E-state index contributed by atoms with van der Waals surface area (Å²) in [5, 5.41) is 0. The molecule has 0 fully saturated rings.